The summed E-state index contributed by atoms with van der Waals surface area (Å²) in [6.45, 7) is 0.609. The third-order valence-electron chi connectivity index (χ3n) is 4.01. The minimum atomic E-state index is -0.0921. The zero-order valence-electron chi connectivity index (χ0n) is 14.6. The second-order valence-corrected chi connectivity index (χ2v) is 5.90. The number of rotatable bonds is 6. The van der Waals surface area contributed by atoms with Crippen LogP contribution in [-0.4, -0.2) is 51.5 Å². The highest BCUT2D eigenvalue weighted by Gasteiger charge is 2.15. The third-order valence-corrected chi connectivity index (χ3v) is 4.01. The lowest BCUT2D eigenvalue weighted by molar-refractivity contribution is 0.0791. The minimum absolute atomic E-state index is 0.0921. The minimum Gasteiger partial charge on any atom is -0.497 e. The largest absolute Gasteiger partial charge is 0.497 e. The van der Waals surface area contributed by atoms with Gasteiger partial charge in [-0.15, -0.1) is 0 Å². The summed E-state index contributed by atoms with van der Waals surface area (Å²) < 4.78 is 6.98. The predicted molar refractivity (Wildman–Crippen MR) is 94.4 cm³/mol. The van der Waals surface area contributed by atoms with Crippen molar-refractivity contribution in [1.29, 1.82) is 0 Å². The van der Waals surface area contributed by atoms with Crippen molar-refractivity contribution in [2.75, 3.05) is 20.7 Å². The van der Waals surface area contributed by atoms with Crippen molar-refractivity contribution < 1.29 is 9.53 Å². The van der Waals surface area contributed by atoms with Gasteiger partial charge in [-0.1, -0.05) is 12.1 Å². The van der Waals surface area contributed by atoms with Gasteiger partial charge in [0, 0.05) is 32.4 Å². The van der Waals surface area contributed by atoms with Crippen LogP contribution in [0.25, 0.3) is 11.3 Å². The van der Waals surface area contributed by atoms with Crippen molar-refractivity contribution in [2.24, 2.45) is 7.05 Å². The molecule has 0 radical (unpaired) electrons. The van der Waals surface area contributed by atoms with Crippen LogP contribution in [0.5, 0.6) is 5.75 Å². The number of hydrogen-bond donors (Lipinski definition) is 1. The average Bonchev–Trinajstić information content (AvgIpc) is 3.28. The van der Waals surface area contributed by atoms with E-state index in [0.29, 0.717) is 17.9 Å². The fourth-order valence-corrected chi connectivity index (χ4v) is 2.57. The van der Waals surface area contributed by atoms with E-state index < -0.39 is 0 Å². The van der Waals surface area contributed by atoms with Gasteiger partial charge in [0.05, 0.1) is 19.0 Å². The smallest absolute Gasteiger partial charge is 0.271 e. The Kier molecular flexibility index (Phi) is 4.83. The van der Waals surface area contributed by atoms with Crippen molar-refractivity contribution in [3.8, 4) is 17.0 Å². The van der Waals surface area contributed by atoms with E-state index >= 15 is 0 Å². The standard InChI is InChI=1S/C18H21N5O2/c1-22(8-7-13-11-19-23(2)12-13)18(24)17-10-16(20-21-17)14-5-4-6-15(9-14)25-3/h4-6,9-12H,7-8H2,1-3H3,(H,20,21). The van der Waals surface area contributed by atoms with E-state index in [1.165, 1.54) is 0 Å². The predicted octanol–water partition coefficient (Wildman–Crippen LogP) is 2.13. The fourth-order valence-electron chi connectivity index (χ4n) is 2.57. The average molecular weight is 339 g/mol. The van der Waals surface area contributed by atoms with Crippen molar-refractivity contribution in [2.45, 2.75) is 6.42 Å². The number of hydrogen-bond acceptors (Lipinski definition) is 4. The maximum absolute atomic E-state index is 12.5. The number of methoxy groups -OCH3 is 1. The van der Waals surface area contributed by atoms with Gasteiger partial charge in [-0.25, -0.2) is 0 Å². The number of nitrogens with zero attached hydrogens (tertiary/aromatic N) is 4. The normalized spacial score (nSPS) is 10.7. The molecule has 0 bridgehead atoms. The highest BCUT2D eigenvalue weighted by atomic mass is 16.5. The number of likely N-dealkylation sites (N-methyl/N-ethyl adjacent to an activating group) is 1. The molecular formula is C18H21N5O2. The number of carbonyl (C=O) groups excluding carboxylic acids is 1. The Bertz CT molecular complexity index is 868. The fraction of sp³-hybridized carbons (Fsp3) is 0.278. The highest BCUT2D eigenvalue weighted by molar-refractivity contribution is 5.93. The first kappa shape index (κ1) is 16.8. The number of H-pyrrole nitrogens is 1. The van der Waals surface area contributed by atoms with E-state index in [2.05, 4.69) is 15.3 Å². The van der Waals surface area contributed by atoms with Crippen molar-refractivity contribution in [1.82, 2.24) is 24.9 Å². The number of amides is 1. The van der Waals surface area contributed by atoms with Crippen LogP contribution in [0.15, 0.2) is 42.7 Å². The second kappa shape index (κ2) is 7.21. The molecule has 130 valence electrons. The Morgan fingerprint density at radius 3 is 2.92 bits per heavy atom. The lowest BCUT2D eigenvalue weighted by Gasteiger charge is -2.15. The summed E-state index contributed by atoms with van der Waals surface area (Å²) in [6.07, 6.45) is 4.53. The monoisotopic (exact) mass is 339 g/mol. The molecule has 3 rings (SSSR count). The summed E-state index contributed by atoms with van der Waals surface area (Å²) in [6, 6.07) is 9.34. The highest BCUT2D eigenvalue weighted by Crippen LogP contribution is 2.22. The summed E-state index contributed by atoms with van der Waals surface area (Å²) in [5.74, 6) is 0.660. The number of aromatic nitrogens is 4. The zero-order chi connectivity index (χ0) is 17.8. The first-order chi connectivity index (χ1) is 12.1. The quantitative estimate of drug-likeness (QED) is 0.746. The van der Waals surface area contributed by atoms with Crippen molar-refractivity contribution in [3.05, 3.63) is 54.0 Å². The van der Waals surface area contributed by atoms with Gasteiger partial charge in [0.15, 0.2) is 0 Å². The van der Waals surface area contributed by atoms with Gasteiger partial charge >= 0.3 is 0 Å². The van der Waals surface area contributed by atoms with Crippen LogP contribution >= 0.6 is 0 Å². The first-order valence-corrected chi connectivity index (χ1v) is 7.99. The molecule has 1 aromatic carbocycles. The molecule has 0 saturated heterocycles. The lowest BCUT2D eigenvalue weighted by Crippen LogP contribution is -2.29. The van der Waals surface area contributed by atoms with Gasteiger partial charge in [0.1, 0.15) is 11.4 Å². The molecule has 0 unspecified atom stereocenters. The molecular weight excluding hydrogens is 318 g/mol. The Balaban J connectivity index is 1.67. The maximum Gasteiger partial charge on any atom is 0.271 e. The van der Waals surface area contributed by atoms with Crippen LogP contribution in [0.2, 0.25) is 0 Å². The summed E-state index contributed by atoms with van der Waals surface area (Å²) >= 11 is 0. The summed E-state index contributed by atoms with van der Waals surface area (Å²) in [4.78, 5) is 14.2. The van der Waals surface area contributed by atoms with E-state index in [0.717, 1.165) is 23.3 Å². The van der Waals surface area contributed by atoms with E-state index in [1.54, 1.807) is 29.8 Å². The van der Waals surface area contributed by atoms with Gasteiger partial charge in [0.25, 0.3) is 5.91 Å². The summed E-state index contributed by atoms with van der Waals surface area (Å²) in [7, 11) is 5.28. The van der Waals surface area contributed by atoms with Crippen molar-refractivity contribution in [3.63, 3.8) is 0 Å². The SMILES string of the molecule is COc1cccc(-c2cc(C(=O)N(C)CCc3cnn(C)c3)[nH]n2)c1. The summed E-state index contributed by atoms with van der Waals surface area (Å²) in [5, 5.41) is 11.2. The van der Waals surface area contributed by atoms with Crippen LogP contribution < -0.4 is 4.74 Å². The molecule has 3 aromatic rings. The Hall–Kier alpha value is -3.09. The number of ether oxygens (including phenoxy) is 1. The second-order valence-electron chi connectivity index (χ2n) is 5.90. The molecule has 0 aliphatic heterocycles. The molecule has 0 spiro atoms. The number of aryl methyl sites for hydroxylation is 1. The Morgan fingerprint density at radius 2 is 2.20 bits per heavy atom. The van der Waals surface area contributed by atoms with E-state index in [9.17, 15) is 4.79 Å². The Labute approximate surface area is 146 Å². The van der Waals surface area contributed by atoms with Gasteiger partial charge < -0.3 is 9.64 Å². The molecule has 7 heteroatoms. The van der Waals surface area contributed by atoms with Gasteiger partial charge in [-0.05, 0) is 30.2 Å². The molecule has 0 aliphatic carbocycles. The Morgan fingerprint density at radius 1 is 1.36 bits per heavy atom. The molecule has 1 N–H and O–H groups in total. The molecule has 0 fully saturated rings. The van der Waals surface area contributed by atoms with Gasteiger partial charge in [-0.2, -0.15) is 10.2 Å². The zero-order valence-corrected chi connectivity index (χ0v) is 14.6. The third kappa shape index (κ3) is 3.88. The molecule has 1 amide bonds. The molecule has 0 aliphatic rings. The molecule has 25 heavy (non-hydrogen) atoms. The van der Waals surface area contributed by atoms with Crippen molar-refractivity contribution >= 4 is 5.91 Å². The molecule has 2 aromatic heterocycles. The molecule has 0 atom stereocenters. The van der Waals surface area contributed by atoms with Crippen LogP contribution in [0.3, 0.4) is 0 Å². The topological polar surface area (TPSA) is 76.0 Å². The summed E-state index contributed by atoms with van der Waals surface area (Å²) in [5.41, 5.74) is 3.17. The molecule has 7 nitrogen and oxygen atoms in total. The van der Waals surface area contributed by atoms with E-state index in [4.69, 9.17) is 4.74 Å². The number of carbonyl (C=O) groups is 1. The number of nitrogens with one attached hydrogen (secondary N) is 1. The van der Waals surface area contributed by atoms with E-state index in [-0.39, 0.29) is 5.91 Å². The number of aromatic amines is 1. The van der Waals surface area contributed by atoms with Gasteiger partial charge in [-0.3, -0.25) is 14.6 Å². The van der Waals surface area contributed by atoms with Gasteiger partial charge in [0.2, 0.25) is 0 Å². The maximum atomic E-state index is 12.5. The number of benzene rings is 1. The van der Waals surface area contributed by atoms with Crippen LogP contribution in [0.1, 0.15) is 16.1 Å². The molecule has 2 heterocycles. The van der Waals surface area contributed by atoms with Crippen LogP contribution in [0.4, 0.5) is 0 Å². The molecule has 0 saturated carbocycles. The van der Waals surface area contributed by atoms with Crippen LogP contribution in [0, 0.1) is 0 Å². The first-order valence-electron chi connectivity index (χ1n) is 7.99. The van der Waals surface area contributed by atoms with E-state index in [1.807, 2.05) is 43.7 Å². The van der Waals surface area contributed by atoms with Crippen LogP contribution in [-0.2, 0) is 13.5 Å². The lowest BCUT2D eigenvalue weighted by atomic mass is 10.1.